The number of terminal acetylenes is 1. The minimum atomic E-state index is -0.361. The number of aromatic nitrogens is 1. The molecule has 0 atom stereocenters. The van der Waals surface area contributed by atoms with Gasteiger partial charge in [-0.2, -0.15) is 0 Å². The molecule has 1 aromatic heterocycles. The Hall–Kier alpha value is -2.89. The van der Waals surface area contributed by atoms with Gasteiger partial charge >= 0.3 is 6.09 Å². The van der Waals surface area contributed by atoms with Gasteiger partial charge in [-0.1, -0.05) is 36.3 Å². The van der Waals surface area contributed by atoms with Crippen LogP contribution in [0.25, 0.3) is 0 Å². The molecule has 2 amide bonds. The third kappa shape index (κ3) is 6.34. The maximum atomic E-state index is 12.8. The molecule has 1 aromatic carbocycles. The fraction of sp³-hybridized carbons (Fsp3) is 0.480. The highest BCUT2D eigenvalue weighted by molar-refractivity contribution is 7.09. The third-order valence-electron chi connectivity index (χ3n) is 6.31. The van der Waals surface area contributed by atoms with Crippen LogP contribution >= 0.6 is 11.3 Å². The van der Waals surface area contributed by atoms with Crippen LogP contribution in [-0.2, 0) is 11.3 Å². The summed E-state index contributed by atoms with van der Waals surface area (Å²) < 4.78 is 5.00. The lowest BCUT2D eigenvalue weighted by Gasteiger charge is -2.32. The van der Waals surface area contributed by atoms with Crippen molar-refractivity contribution in [3.05, 3.63) is 52.0 Å². The zero-order valence-electron chi connectivity index (χ0n) is 18.7. The van der Waals surface area contributed by atoms with Crippen molar-refractivity contribution in [1.82, 2.24) is 20.1 Å². The van der Waals surface area contributed by atoms with Gasteiger partial charge in [0.2, 0.25) is 0 Å². The largest absolute Gasteiger partial charge is 0.436 e. The molecule has 8 heteroatoms. The van der Waals surface area contributed by atoms with Crippen LogP contribution in [0.15, 0.2) is 35.7 Å². The van der Waals surface area contributed by atoms with Gasteiger partial charge in [-0.25, -0.2) is 9.78 Å². The number of carbonyl (C=O) groups is 2. The number of hydrogen-bond donors (Lipinski definition) is 1. The number of nitrogens with one attached hydrogen (secondary N) is 1. The summed E-state index contributed by atoms with van der Waals surface area (Å²) in [7, 11) is 0. The SMILES string of the molecule is C#CCOC(=O)N1CCC(c2nc(C(=O)NC3CCN(Cc4ccccc4)CC3)cs2)CC1. The molecule has 2 fully saturated rings. The molecular formula is C25H30N4O3S. The molecule has 0 saturated carbocycles. The van der Waals surface area contributed by atoms with Crippen LogP contribution in [0.3, 0.4) is 0 Å². The van der Waals surface area contributed by atoms with Crippen molar-refractivity contribution in [2.75, 3.05) is 32.8 Å². The van der Waals surface area contributed by atoms with Gasteiger partial charge in [0.1, 0.15) is 5.69 Å². The number of amides is 2. The topological polar surface area (TPSA) is 74.8 Å². The van der Waals surface area contributed by atoms with Crippen molar-refractivity contribution in [2.45, 2.75) is 44.2 Å². The van der Waals surface area contributed by atoms with Gasteiger partial charge in [0.05, 0.1) is 5.01 Å². The molecule has 0 spiro atoms. The van der Waals surface area contributed by atoms with E-state index in [4.69, 9.17) is 11.2 Å². The summed E-state index contributed by atoms with van der Waals surface area (Å²) in [6.45, 7) is 4.12. The average Bonchev–Trinajstić information content (AvgIpc) is 3.35. The standard InChI is InChI=1S/C25H30N4O3S/c1-2-16-32-25(31)29-14-8-20(9-15-29)24-27-22(18-33-24)23(30)26-21-10-12-28(13-11-21)17-19-6-4-3-5-7-19/h1,3-7,18,20-21H,8-17H2,(H,26,30). The lowest BCUT2D eigenvalue weighted by Crippen LogP contribution is -2.44. The van der Waals surface area contributed by atoms with E-state index in [0.29, 0.717) is 18.8 Å². The Kier molecular flexibility index (Phi) is 7.97. The molecule has 2 aliphatic heterocycles. The fourth-order valence-corrected chi connectivity index (χ4v) is 5.39. The van der Waals surface area contributed by atoms with E-state index in [2.05, 4.69) is 45.4 Å². The molecule has 1 N–H and O–H groups in total. The lowest BCUT2D eigenvalue weighted by molar-refractivity contribution is 0.0904. The molecule has 0 bridgehead atoms. The zero-order valence-corrected chi connectivity index (χ0v) is 19.6. The first-order chi connectivity index (χ1) is 16.1. The maximum absolute atomic E-state index is 12.8. The number of hydrogen-bond acceptors (Lipinski definition) is 6. The molecule has 0 aliphatic carbocycles. The minimum Gasteiger partial charge on any atom is -0.436 e. The Morgan fingerprint density at radius 3 is 2.55 bits per heavy atom. The third-order valence-corrected chi connectivity index (χ3v) is 7.31. The maximum Gasteiger partial charge on any atom is 0.410 e. The number of ether oxygens (including phenoxy) is 1. The normalized spacial score (nSPS) is 18.0. The Morgan fingerprint density at radius 2 is 1.85 bits per heavy atom. The number of benzene rings is 1. The molecule has 174 valence electrons. The molecule has 33 heavy (non-hydrogen) atoms. The van der Waals surface area contributed by atoms with Crippen LogP contribution in [0.1, 0.15) is 52.7 Å². The number of thiazole rings is 1. The first kappa shape index (κ1) is 23.3. The average molecular weight is 467 g/mol. The van der Waals surface area contributed by atoms with Crippen LogP contribution in [0.4, 0.5) is 4.79 Å². The Labute approximate surface area is 199 Å². The summed E-state index contributed by atoms with van der Waals surface area (Å²) in [5.74, 6) is 2.48. The highest BCUT2D eigenvalue weighted by atomic mass is 32.1. The molecular weight excluding hydrogens is 436 g/mol. The second kappa shape index (κ2) is 11.3. The molecule has 2 aliphatic rings. The zero-order chi connectivity index (χ0) is 23.0. The van der Waals surface area contributed by atoms with E-state index in [9.17, 15) is 9.59 Å². The van der Waals surface area contributed by atoms with E-state index in [1.807, 2.05) is 11.4 Å². The first-order valence-corrected chi connectivity index (χ1v) is 12.4. The van der Waals surface area contributed by atoms with Gasteiger partial charge in [0, 0.05) is 50.1 Å². The quantitative estimate of drug-likeness (QED) is 0.660. The van der Waals surface area contributed by atoms with E-state index in [1.54, 1.807) is 4.90 Å². The predicted octanol–water partition coefficient (Wildman–Crippen LogP) is 3.49. The van der Waals surface area contributed by atoms with Crippen molar-refractivity contribution in [3.8, 4) is 12.3 Å². The van der Waals surface area contributed by atoms with Crippen molar-refractivity contribution >= 4 is 23.3 Å². The smallest absolute Gasteiger partial charge is 0.410 e. The van der Waals surface area contributed by atoms with Crippen molar-refractivity contribution in [1.29, 1.82) is 0 Å². The summed E-state index contributed by atoms with van der Waals surface area (Å²) in [4.78, 5) is 33.4. The number of likely N-dealkylation sites (tertiary alicyclic amines) is 2. The molecule has 2 saturated heterocycles. The number of carbonyl (C=O) groups excluding carboxylic acids is 2. The van der Waals surface area contributed by atoms with Gasteiger partial charge < -0.3 is 15.0 Å². The van der Waals surface area contributed by atoms with Crippen molar-refractivity contribution in [2.24, 2.45) is 0 Å². The number of rotatable bonds is 6. The van der Waals surface area contributed by atoms with Gasteiger partial charge in [-0.05, 0) is 31.2 Å². The highest BCUT2D eigenvalue weighted by Gasteiger charge is 2.28. The van der Waals surface area contributed by atoms with Crippen LogP contribution in [0.5, 0.6) is 0 Å². The second-order valence-electron chi connectivity index (χ2n) is 8.60. The highest BCUT2D eigenvalue weighted by Crippen LogP contribution is 2.30. The number of piperidine rings is 2. The van der Waals surface area contributed by atoms with E-state index < -0.39 is 0 Å². The van der Waals surface area contributed by atoms with Crippen LogP contribution in [0, 0.1) is 12.3 Å². The van der Waals surface area contributed by atoms with E-state index >= 15 is 0 Å². The van der Waals surface area contributed by atoms with Gasteiger partial charge in [0.15, 0.2) is 6.61 Å². The summed E-state index contributed by atoms with van der Waals surface area (Å²) >= 11 is 1.53. The molecule has 0 unspecified atom stereocenters. The van der Waals surface area contributed by atoms with Crippen LogP contribution < -0.4 is 5.32 Å². The summed E-state index contributed by atoms with van der Waals surface area (Å²) in [5, 5.41) is 5.99. The van der Waals surface area contributed by atoms with Gasteiger partial charge in [0.25, 0.3) is 5.91 Å². The van der Waals surface area contributed by atoms with Gasteiger partial charge in [-0.15, -0.1) is 17.8 Å². The second-order valence-corrected chi connectivity index (χ2v) is 9.49. The Bertz CT molecular complexity index is 971. The van der Waals surface area contributed by atoms with Crippen LogP contribution in [-0.4, -0.2) is 65.6 Å². The van der Waals surface area contributed by atoms with Crippen molar-refractivity contribution in [3.63, 3.8) is 0 Å². The molecule has 2 aromatic rings. The summed E-state index contributed by atoms with van der Waals surface area (Å²) in [6.07, 6.45) is 8.28. The van der Waals surface area contributed by atoms with Crippen molar-refractivity contribution < 1.29 is 14.3 Å². The van der Waals surface area contributed by atoms with E-state index in [-0.39, 0.29) is 30.6 Å². The predicted molar refractivity (Wildman–Crippen MR) is 128 cm³/mol. The monoisotopic (exact) mass is 466 g/mol. The summed E-state index contributed by atoms with van der Waals surface area (Å²) in [5.41, 5.74) is 1.82. The molecule has 0 radical (unpaired) electrons. The van der Waals surface area contributed by atoms with Crippen LogP contribution in [0.2, 0.25) is 0 Å². The van der Waals surface area contributed by atoms with Gasteiger partial charge in [-0.3, -0.25) is 9.69 Å². The van der Waals surface area contributed by atoms with E-state index in [1.165, 1.54) is 16.9 Å². The minimum absolute atomic E-state index is 0.00420. The first-order valence-electron chi connectivity index (χ1n) is 11.5. The summed E-state index contributed by atoms with van der Waals surface area (Å²) in [6, 6.07) is 10.7. The lowest BCUT2D eigenvalue weighted by atomic mass is 9.98. The molecule has 7 nitrogen and oxygen atoms in total. The molecule has 3 heterocycles. The Balaban J connectivity index is 1.21. The van der Waals surface area contributed by atoms with E-state index in [0.717, 1.165) is 50.3 Å². The Morgan fingerprint density at radius 1 is 1.12 bits per heavy atom. The fourth-order valence-electron chi connectivity index (χ4n) is 4.42. The number of nitrogens with zero attached hydrogens (tertiary/aromatic N) is 3. The molecule has 4 rings (SSSR count).